The van der Waals surface area contributed by atoms with Gasteiger partial charge in [-0.25, -0.2) is 0 Å². The fraction of sp³-hybridized carbons (Fsp3) is 0.0286. The van der Waals surface area contributed by atoms with Crippen molar-refractivity contribution < 1.29 is 0 Å². The molecule has 0 atom stereocenters. The second kappa shape index (κ2) is 20.8. The maximum absolute atomic E-state index is 2.83. The maximum Gasteiger partial charge on any atom is 0.252 e. The molecule has 1 aromatic heterocycles. The lowest BCUT2D eigenvalue weighted by Gasteiger charge is -2.46. The van der Waals surface area contributed by atoms with Crippen molar-refractivity contribution in [3.05, 3.63) is 443 Å². The highest BCUT2D eigenvalue weighted by Gasteiger charge is 2.58. The van der Waals surface area contributed by atoms with E-state index in [2.05, 4.69) is 390 Å². The summed E-state index contributed by atoms with van der Waals surface area (Å²) < 4.78 is 2.58. The van der Waals surface area contributed by atoms with E-state index in [1.807, 2.05) is 0 Å². The van der Waals surface area contributed by atoms with E-state index >= 15 is 0 Å². The van der Waals surface area contributed by atoms with Crippen LogP contribution in [0.3, 0.4) is 0 Å². The smallest absolute Gasteiger partial charge is 0.252 e. The standard InChI is InChI=1S/C105H62BN3/c1-2-27-63(28-3-1)64-53-58-95-92(59-64)106-91-57-56-89-100(78-39-12-23-48-87(78)104(89)81-42-17-6-31-69(81)70-32-7-18-43-82(70)104)102(91)109(96-52-26-49-88-99(96)77-38-11-22-47-86(77)103(88)79-40-15-4-29-67(79)68-30-5-16-41-80(68)103)98-62-66(108-93-50-24-13-36-75(93)76-37-14-25-51-94(76)108)61-97(101(98)106)107(95)65-54-55-74-73-35-10-21-46-85(73)105(90(74)60-65)83-44-19-8-33-71(83)72-34-9-20-45-84(72)105/h1-62H. The third kappa shape index (κ3) is 6.92. The van der Waals surface area contributed by atoms with Crippen LogP contribution in [-0.2, 0) is 16.2 Å². The number of benzene rings is 17. The lowest BCUT2D eigenvalue weighted by Crippen LogP contribution is -2.61. The molecule has 3 heterocycles. The topological polar surface area (TPSA) is 11.4 Å². The summed E-state index contributed by atoms with van der Waals surface area (Å²) in [5.41, 5.74) is 45.8. The number of anilines is 6. The van der Waals surface area contributed by atoms with Crippen molar-refractivity contribution in [1.82, 2.24) is 4.57 Å². The summed E-state index contributed by atoms with van der Waals surface area (Å²) in [6.45, 7) is -0.266. The van der Waals surface area contributed by atoms with Crippen LogP contribution in [0.25, 0.3) is 105 Å². The van der Waals surface area contributed by atoms with E-state index in [0.717, 1.165) is 45.2 Å². The van der Waals surface area contributed by atoms with Crippen LogP contribution in [0, 0.1) is 0 Å². The molecule has 0 saturated heterocycles. The summed E-state index contributed by atoms with van der Waals surface area (Å²) in [5.74, 6) is 0. The quantitative estimate of drug-likeness (QED) is 0.163. The van der Waals surface area contributed by atoms with Crippen LogP contribution in [-0.4, -0.2) is 11.3 Å². The normalized spacial score (nSPS) is 15.0. The van der Waals surface area contributed by atoms with Gasteiger partial charge in [-0.3, -0.25) is 0 Å². The van der Waals surface area contributed by atoms with Crippen molar-refractivity contribution in [3.63, 3.8) is 0 Å². The highest BCUT2D eigenvalue weighted by molar-refractivity contribution is 7.00. The summed E-state index contributed by atoms with van der Waals surface area (Å²) in [5, 5.41) is 2.44. The average Bonchev–Trinajstić information content (AvgIpc) is 1.69. The third-order valence-electron chi connectivity index (χ3n) is 26.6. The van der Waals surface area contributed by atoms with Crippen LogP contribution >= 0.6 is 0 Å². The minimum absolute atomic E-state index is 0.266. The van der Waals surface area contributed by atoms with E-state index in [9.17, 15) is 0 Å². The predicted octanol–water partition coefficient (Wildman–Crippen LogP) is 23.6. The van der Waals surface area contributed by atoms with Crippen molar-refractivity contribution in [2.24, 2.45) is 0 Å². The first-order valence-corrected chi connectivity index (χ1v) is 38.4. The van der Waals surface area contributed by atoms with Gasteiger partial charge in [0.1, 0.15) is 0 Å². The Hall–Kier alpha value is -13.8. The molecule has 26 rings (SSSR count). The molecule has 3 nitrogen and oxygen atoms in total. The van der Waals surface area contributed by atoms with Crippen molar-refractivity contribution >= 4 is 79.0 Å². The van der Waals surface area contributed by atoms with Crippen LogP contribution in [0.2, 0.25) is 0 Å². The summed E-state index contributed by atoms with van der Waals surface area (Å²) in [7, 11) is 0. The molecular weight excluding hydrogens is 1310 g/mol. The minimum Gasteiger partial charge on any atom is -0.311 e. The number of rotatable bonds is 4. The number of hydrogen-bond acceptors (Lipinski definition) is 2. The first-order chi connectivity index (χ1) is 54.1. The van der Waals surface area contributed by atoms with Gasteiger partial charge in [0.05, 0.1) is 38.7 Å². The Morgan fingerprint density at radius 2 is 0.606 bits per heavy atom. The van der Waals surface area contributed by atoms with E-state index in [0.29, 0.717) is 0 Å². The van der Waals surface area contributed by atoms with Crippen molar-refractivity contribution in [3.8, 4) is 83.6 Å². The van der Waals surface area contributed by atoms with Gasteiger partial charge in [0.25, 0.3) is 6.71 Å². The number of aromatic nitrogens is 1. The molecule has 0 saturated carbocycles. The van der Waals surface area contributed by atoms with Crippen LogP contribution < -0.4 is 26.2 Å². The van der Waals surface area contributed by atoms with Crippen molar-refractivity contribution in [2.45, 2.75) is 16.2 Å². The van der Waals surface area contributed by atoms with Gasteiger partial charge in [0, 0.05) is 50.3 Å². The highest BCUT2D eigenvalue weighted by Crippen LogP contribution is 2.70. The first kappa shape index (κ1) is 58.5. The second-order valence-electron chi connectivity index (χ2n) is 31.0. The molecular formula is C105H62BN3. The molecule has 0 radical (unpaired) electrons. The summed E-state index contributed by atoms with van der Waals surface area (Å²) in [6.07, 6.45) is 0. The molecule has 3 spiro atoms. The van der Waals surface area contributed by atoms with E-state index < -0.39 is 16.2 Å². The minimum atomic E-state index is -0.630. The van der Waals surface area contributed by atoms with Crippen LogP contribution in [0.5, 0.6) is 0 Å². The molecule has 4 heteroatoms. The van der Waals surface area contributed by atoms with E-state index in [1.165, 1.54) is 177 Å². The largest absolute Gasteiger partial charge is 0.311 e. The van der Waals surface area contributed by atoms with Gasteiger partial charge in [-0.05, 0) is 198 Å². The number of fused-ring (bicyclic) bond motifs is 38. The highest BCUT2D eigenvalue weighted by atomic mass is 15.2. The summed E-state index contributed by atoms with van der Waals surface area (Å²) in [6, 6.07) is 146. The number of nitrogens with zero attached hydrogens (tertiary/aromatic N) is 3. The fourth-order valence-corrected chi connectivity index (χ4v) is 22.8. The van der Waals surface area contributed by atoms with E-state index in [4.69, 9.17) is 0 Å². The van der Waals surface area contributed by atoms with Gasteiger partial charge >= 0.3 is 0 Å². The Morgan fingerprint density at radius 1 is 0.211 bits per heavy atom. The number of para-hydroxylation sites is 2. The van der Waals surface area contributed by atoms with Crippen molar-refractivity contribution in [2.75, 3.05) is 9.80 Å². The molecule has 17 aromatic carbocycles. The monoisotopic (exact) mass is 1380 g/mol. The lowest BCUT2D eigenvalue weighted by molar-refractivity contribution is 0.793. The molecule has 2 aliphatic heterocycles. The Bertz CT molecular complexity index is 6960. The maximum atomic E-state index is 2.83. The van der Waals surface area contributed by atoms with E-state index in [1.54, 1.807) is 0 Å². The van der Waals surface area contributed by atoms with Gasteiger partial charge in [0.2, 0.25) is 0 Å². The summed E-state index contributed by atoms with van der Waals surface area (Å²) >= 11 is 0. The Labute approximate surface area is 631 Å². The van der Waals surface area contributed by atoms with Gasteiger partial charge in [0.15, 0.2) is 0 Å². The second-order valence-corrected chi connectivity index (χ2v) is 31.0. The molecule has 500 valence electrons. The Kier molecular flexibility index (Phi) is 11.2. The van der Waals surface area contributed by atoms with Crippen LogP contribution in [0.15, 0.2) is 376 Å². The van der Waals surface area contributed by atoms with Gasteiger partial charge in [-0.2, -0.15) is 0 Å². The van der Waals surface area contributed by atoms with Crippen LogP contribution in [0.1, 0.15) is 66.8 Å². The molecule has 8 aliphatic rings. The molecule has 109 heavy (non-hydrogen) atoms. The zero-order chi connectivity index (χ0) is 70.7. The van der Waals surface area contributed by atoms with Gasteiger partial charge in [-0.1, -0.05) is 328 Å². The zero-order valence-electron chi connectivity index (χ0n) is 59.2. The number of hydrogen-bond donors (Lipinski definition) is 0. The van der Waals surface area contributed by atoms with Gasteiger partial charge < -0.3 is 14.4 Å². The molecule has 6 aliphatic carbocycles. The predicted molar refractivity (Wildman–Crippen MR) is 449 cm³/mol. The first-order valence-electron chi connectivity index (χ1n) is 38.4. The fourth-order valence-electron chi connectivity index (χ4n) is 22.8. The third-order valence-corrected chi connectivity index (χ3v) is 26.6. The molecule has 0 unspecified atom stereocenters. The van der Waals surface area contributed by atoms with Gasteiger partial charge in [-0.15, -0.1) is 0 Å². The van der Waals surface area contributed by atoms with E-state index in [-0.39, 0.29) is 6.71 Å². The Morgan fingerprint density at radius 3 is 1.11 bits per heavy atom. The molecule has 18 aromatic rings. The lowest BCUT2D eigenvalue weighted by atomic mass is 9.33. The molecule has 0 amide bonds. The average molecular weight is 1380 g/mol. The Balaban J connectivity index is 0.841. The molecule has 0 N–H and O–H groups in total. The molecule has 0 bridgehead atoms. The zero-order valence-corrected chi connectivity index (χ0v) is 59.2. The summed E-state index contributed by atoms with van der Waals surface area (Å²) in [4.78, 5) is 5.52. The molecule has 0 fully saturated rings. The van der Waals surface area contributed by atoms with Crippen LogP contribution in [0.4, 0.5) is 34.1 Å². The SMILES string of the molecule is c1ccc(-c2ccc3c(c2)B2c4ccc5c(c4N(c4cccc6c4-c4ccccc4C64c6ccccc6-c6ccccc64)c4cc(-n6c7ccccc7c7ccccc76)cc(c42)N3c2ccc3c(c2)C2(c4ccccc4-c4ccccc42)c2ccccc2-3)-c2ccccc2C52c3ccccc3-c3ccccc32)cc1. The van der Waals surface area contributed by atoms with Crippen molar-refractivity contribution in [1.29, 1.82) is 0 Å².